The lowest BCUT2D eigenvalue weighted by Crippen LogP contribution is -2.29. The molecule has 0 aliphatic heterocycles. The quantitative estimate of drug-likeness (QED) is 0.252. The third-order valence-electron chi connectivity index (χ3n) is 5.57. The molecule has 0 spiro atoms. The molecule has 0 aliphatic rings. The van der Waals surface area contributed by atoms with Gasteiger partial charge in [-0.2, -0.15) is 0 Å². The molecule has 0 fully saturated rings. The van der Waals surface area contributed by atoms with Crippen molar-refractivity contribution in [3.05, 3.63) is 98.8 Å². The number of nitrogens with one attached hydrogen (secondary N) is 2. The molecule has 0 bridgehead atoms. The highest BCUT2D eigenvalue weighted by molar-refractivity contribution is 7.98. The maximum Gasteiger partial charge on any atom is 0.319 e. The number of benzene rings is 3. The van der Waals surface area contributed by atoms with Crippen LogP contribution in [0.15, 0.2) is 65.8 Å². The predicted molar refractivity (Wildman–Crippen MR) is 144 cm³/mol. The molecule has 3 aromatic carbocycles. The fraction of sp³-hybridized carbons (Fsp3) is 0.192. The van der Waals surface area contributed by atoms with Crippen LogP contribution in [-0.2, 0) is 12.3 Å². The number of hydrogen-bond donors (Lipinski definition) is 2. The SMILES string of the molecule is Cc1ccc(NC(=O)NCc2nnc(SCc3ccccc3C)n2-c2cc(Cl)ccc2C)cc1Cl. The van der Waals surface area contributed by atoms with Gasteiger partial charge in [0.05, 0.1) is 12.2 Å². The molecule has 0 unspecified atom stereocenters. The zero-order valence-electron chi connectivity index (χ0n) is 19.6. The number of rotatable bonds is 7. The van der Waals surface area contributed by atoms with Gasteiger partial charge in [-0.15, -0.1) is 10.2 Å². The summed E-state index contributed by atoms with van der Waals surface area (Å²) in [4.78, 5) is 12.6. The fourth-order valence-corrected chi connectivity index (χ4v) is 4.88. The number of carbonyl (C=O) groups excluding carboxylic acids is 1. The maximum absolute atomic E-state index is 12.6. The summed E-state index contributed by atoms with van der Waals surface area (Å²) in [6, 6.07) is 19.0. The van der Waals surface area contributed by atoms with E-state index in [-0.39, 0.29) is 12.6 Å². The molecule has 0 aliphatic carbocycles. The third-order valence-corrected chi connectivity index (χ3v) is 7.19. The molecule has 9 heteroatoms. The van der Waals surface area contributed by atoms with Gasteiger partial charge in [-0.05, 0) is 67.3 Å². The molecule has 2 N–H and O–H groups in total. The topological polar surface area (TPSA) is 71.8 Å². The van der Waals surface area contributed by atoms with Crippen molar-refractivity contribution in [1.29, 1.82) is 0 Å². The molecule has 0 saturated heterocycles. The lowest BCUT2D eigenvalue weighted by Gasteiger charge is -2.14. The first-order valence-electron chi connectivity index (χ1n) is 11.0. The number of urea groups is 1. The van der Waals surface area contributed by atoms with Gasteiger partial charge in [-0.3, -0.25) is 4.57 Å². The first-order chi connectivity index (χ1) is 16.8. The Morgan fingerprint density at radius 2 is 1.71 bits per heavy atom. The Hall–Kier alpha value is -3.00. The average Bonchev–Trinajstić information content (AvgIpc) is 3.23. The number of carbonyl (C=O) groups is 1. The molecule has 6 nitrogen and oxygen atoms in total. The van der Waals surface area contributed by atoms with Crippen LogP contribution in [0.25, 0.3) is 5.69 Å². The summed E-state index contributed by atoms with van der Waals surface area (Å²) in [6.07, 6.45) is 0. The second-order valence-electron chi connectivity index (χ2n) is 8.15. The van der Waals surface area contributed by atoms with Crippen LogP contribution in [0.4, 0.5) is 10.5 Å². The van der Waals surface area contributed by atoms with Gasteiger partial charge in [-0.25, -0.2) is 4.79 Å². The van der Waals surface area contributed by atoms with E-state index in [2.05, 4.69) is 39.9 Å². The number of thioether (sulfide) groups is 1. The Bertz CT molecular complexity index is 1370. The van der Waals surface area contributed by atoms with Crippen LogP contribution in [0.3, 0.4) is 0 Å². The Balaban J connectivity index is 1.56. The van der Waals surface area contributed by atoms with Crippen molar-refractivity contribution in [3.63, 3.8) is 0 Å². The van der Waals surface area contributed by atoms with E-state index in [1.807, 2.05) is 54.8 Å². The standard InChI is InChI=1S/C26H25Cl2N5OS/c1-16-6-4-5-7-19(16)15-35-26-32-31-24(33(26)23-12-20(27)10-8-18(23)3)14-29-25(34)30-21-11-9-17(2)22(28)13-21/h4-13H,14-15H2,1-3H3,(H2,29,30,34). The molecule has 35 heavy (non-hydrogen) atoms. The summed E-state index contributed by atoms with van der Waals surface area (Å²) in [6.45, 7) is 6.18. The number of anilines is 1. The van der Waals surface area contributed by atoms with Crippen molar-refractivity contribution in [2.45, 2.75) is 38.2 Å². The number of aryl methyl sites for hydroxylation is 3. The zero-order chi connectivity index (χ0) is 24.9. The molecule has 1 aromatic heterocycles. The van der Waals surface area contributed by atoms with Crippen molar-refractivity contribution < 1.29 is 4.79 Å². The van der Waals surface area contributed by atoms with Gasteiger partial charge < -0.3 is 10.6 Å². The van der Waals surface area contributed by atoms with Gasteiger partial charge in [0.1, 0.15) is 0 Å². The van der Waals surface area contributed by atoms with Gasteiger partial charge in [0.15, 0.2) is 11.0 Å². The number of aromatic nitrogens is 3. The van der Waals surface area contributed by atoms with Crippen molar-refractivity contribution >= 4 is 46.7 Å². The molecule has 2 amide bonds. The number of halogens is 2. The fourth-order valence-electron chi connectivity index (χ4n) is 3.49. The van der Waals surface area contributed by atoms with E-state index in [4.69, 9.17) is 23.2 Å². The van der Waals surface area contributed by atoms with Gasteiger partial charge in [0.25, 0.3) is 0 Å². The summed E-state index contributed by atoms with van der Waals surface area (Å²) < 4.78 is 1.95. The van der Waals surface area contributed by atoms with Crippen LogP contribution in [0, 0.1) is 20.8 Å². The van der Waals surface area contributed by atoms with Gasteiger partial charge in [0.2, 0.25) is 0 Å². The second kappa shape index (κ2) is 11.2. The summed E-state index contributed by atoms with van der Waals surface area (Å²) in [7, 11) is 0. The molecule has 0 radical (unpaired) electrons. The first-order valence-corrected chi connectivity index (χ1v) is 12.7. The monoisotopic (exact) mass is 525 g/mol. The minimum atomic E-state index is -0.364. The maximum atomic E-state index is 12.6. The predicted octanol–water partition coefficient (Wildman–Crippen LogP) is 7.11. The van der Waals surface area contributed by atoms with Crippen LogP contribution in [-0.4, -0.2) is 20.8 Å². The van der Waals surface area contributed by atoms with E-state index in [1.54, 1.807) is 23.9 Å². The molecule has 1 heterocycles. The number of amides is 2. The lowest BCUT2D eigenvalue weighted by atomic mass is 10.1. The van der Waals surface area contributed by atoms with Crippen molar-refractivity contribution in [3.8, 4) is 5.69 Å². The number of hydrogen-bond acceptors (Lipinski definition) is 4. The van der Waals surface area contributed by atoms with Crippen molar-refractivity contribution in [2.75, 3.05) is 5.32 Å². The first kappa shape index (κ1) is 25.1. The summed E-state index contributed by atoms with van der Waals surface area (Å²) in [5.74, 6) is 1.34. The minimum Gasteiger partial charge on any atom is -0.331 e. The number of nitrogens with zero attached hydrogens (tertiary/aromatic N) is 3. The average molecular weight is 526 g/mol. The summed E-state index contributed by atoms with van der Waals surface area (Å²) in [5, 5.41) is 16.4. The molecule has 0 saturated carbocycles. The third kappa shape index (κ3) is 6.17. The van der Waals surface area contributed by atoms with E-state index >= 15 is 0 Å². The smallest absolute Gasteiger partial charge is 0.319 e. The molecule has 4 aromatic rings. The van der Waals surface area contributed by atoms with E-state index in [0.717, 1.165) is 27.7 Å². The van der Waals surface area contributed by atoms with Gasteiger partial charge >= 0.3 is 6.03 Å². The summed E-state index contributed by atoms with van der Waals surface area (Å²) in [5.41, 5.74) is 5.90. The highest BCUT2D eigenvalue weighted by Crippen LogP contribution is 2.29. The second-order valence-corrected chi connectivity index (χ2v) is 9.94. The largest absolute Gasteiger partial charge is 0.331 e. The molecule has 0 atom stereocenters. The Morgan fingerprint density at radius 3 is 2.49 bits per heavy atom. The van der Waals surface area contributed by atoms with E-state index in [1.165, 1.54) is 11.1 Å². The van der Waals surface area contributed by atoms with Crippen LogP contribution in [0.5, 0.6) is 0 Å². The summed E-state index contributed by atoms with van der Waals surface area (Å²) >= 11 is 14.1. The van der Waals surface area contributed by atoms with Gasteiger partial charge in [0, 0.05) is 21.5 Å². The van der Waals surface area contributed by atoms with Crippen LogP contribution < -0.4 is 10.6 Å². The van der Waals surface area contributed by atoms with E-state index in [0.29, 0.717) is 21.6 Å². The van der Waals surface area contributed by atoms with Crippen molar-refractivity contribution in [1.82, 2.24) is 20.1 Å². The molecular formula is C26H25Cl2N5OS. The van der Waals surface area contributed by atoms with Gasteiger partial charge in [-0.1, -0.05) is 71.4 Å². The van der Waals surface area contributed by atoms with Crippen LogP contribution >= 0.6 is 35.0 Å². The highest BCUT2D eigenvalue weighted by atomic mass is 35.5. The van der Waals surface area contributed by atoms with E-state index in [9.17, 15) is 4.79 Å². The minimum absolute atomic E-state index is 0.176. The van der Waals surface area contributed by atoms with Crippen LogP contribution in [0.2, 0.25) is 10.0 Å². The molecule has 4 rings (SSSR count). The normalized spacial score (nSPS) is 10.9. The molecule has 180 valence electrons. The highest BCUT2D eigenvalue weighted by Gasteiger charge is 2.18. The van der Waals surface area contributed by atoms with Crippen LogP contribution in [0.1, 0.15) is 28.1 Å². The Morgan fingerprint density at radius 1 is 0.943 bits per heavy atom. The zero-order valence-corrected chi connectivity index (χ0v) is 21.9. The lowest BCUT2D eigenvalue weighted by molar-refractivity contribution is 0.251. The Kier molecular flexibility index (Phi) is 8.00. The molecular weight excluding hydrogens is 501 g/mol. The van der Waals surface area contributed by atoms with E-state index < -0.39 is 0 Å². The Labute approximate surface area is 219 Å². The van der Waals surface area contributed by atoms with Crippen molar-refractivity contribution in [2.24, 2.45) is 0 Å².